The van der Waals surface area contributed by atoms with Crippen molar-refractivity contribution in [1.82, 2.24) is 10.2 Å². The van der Waals surface area contributed by atoms with Gasteiger partial charge in [-0.25, -0.2) is 0 Å². The number of piperidine rings is 2. The fourth-order valence-corrected chi connectivity index (χ4v) is 4.30. The van der Waals surface area contributed by atoms with E-state index in [1.807, 2.05) is 11.9 Å². The highest BCUT2D eigenvalue weighted by molar-refractivity contribution is 5.76. The van der Waals surface area contributed by atoms with E-state index < -0.39 is 0 Å². The molecule has 2 saturated heterocycles. The van der Waals surface area contributed by atoms with Crippen molar-refractivity contribution in [2.75, 3.05) is 31.6 Å². The number of hydrogen-bond acceptors (Lipinski definition) is 3. The molecule has 4 nitrogen and oxygen atoms in total. The normalized spacial score (nSPS) is 21.5. The first kappa shape index (κ1) is 18.1. The van der Waals surface area contributed by atoms with Gasteiger partial charge in [0, 0.05) is 50.9 Å². The summed E-state index contributed by atoms with van der Waals surface area (Å²) in [5.41, 5.74) is 3.87. The Bertz CT molecular complexity index is 768. The number of nitrogens with zero attached hydrogens (tertiary/aromatic N) is 2. The van der Waals surface area contributed by atoms with Crippen molar-refractivity contribution in [2.45, 2.75) is 37.8 Å². The Balaban J connectivity index is 1.34. The predicted octanol–water partition coefficient (Wildman–Crippen LogP) is 3.53. The maximum Gasteiger partial charge on any atom is 0.222 e. The van der Waals surface area contributed by atoms with E-state index in [1.165, 1.54) is 16.8 Å². The summed E-state index contributed by atoms with van der Waals surface area (Å²) in [6, 6.07) is 20.5. The summed E-state index contributed by atoms with van der Waals surface area (Å²) in [4.78, 5) is 16.0. The van der Waals surface area contributed by atoms with Gasteiger partial charge in [-0.15, -0.1) is 0 Å². The summed E-state index contributed by atoms with van der Waals surface area (Å²) in [6.07, 6.45) is 3.97. The van der Waals surface area contributed by atoms with Crippen molar-refractivity contribution in [2.24, 2.45) is 0 Å². The predicted molar refractivity (Wildman–Crippen MR) is 111 cm³/mol. The van der Waals surface area contributed by atoms with Crippen LogP contribution in [0.1, 0.15) is 25.7 Å². The van der Waals surface area contributed by atoms with E-state index in [-0.39, 0.29) is 5.91 Å². The third-order valence-corrected chi connectivity index (χ3v) is 5.91. The molecule has 1 amide bonds. The van der Waals surface area contributed by atoms with E-state index in [9.17, 15) is 4.79 Å². The molecule has 2 heterocycles. The zero-order chi connectivity index (χ0) is 18.6. The molecular weight excluding hydrogens is 334 g/mol. The first-order chi connectivity index (χ1) is 13.2. The largest absolute Gasteiger partial charge is 0.371 e. The Morgan fingerprint density at radius 3 is 2.37 bits per heavy atom. The maximum absolute atomic E-state index is 11.7. The van der Waals surface area contributed by atoms with Crippen LogP contribution in [0.2, 0.25) is 0 Å². The summed E-state index contributed by atoms with van der Waals surface area (Å²) in [6.45, 7) is 3.01. The van der Waals surface area contributed by atoms with Crippen molar-refractivity contribution < 1.29 is 4.79 Å². The van der Waals surface area contributed by atoms with Crippen LogP contribution >= 0.6 is 0 Å². The van der Waals surface area contributed by atoms with E-state index in [4.69, 9.17) is 0 Å². The lowest BCUT2D eigenvalue weighted by atomic mass is 9.99. The zero-order valence-electron chi connectivity index (χ0n) is 16.1. The Hall–Kier alpha value is -2.33. The smallest absolute Gasteiger partial charge is 0.222 e. The standard InChI is InChI=1S/C23H29N3O/c1-25-17-21(10-11-23(25)27)24-20-12-14-26(15-13-20)22-9-5-8-19(16-22)18-6-3-2-4-7-18/h2-9,16,20-21,24H,10-15,17H2,1H3/t21-/m0/s1. The highest BCUT2D eigenvalue weighted by Gasteiger charge is 2.26. The molecule has 4 rings (SSSR count). The van der Waals surface area contributed by atoms with Crippen LogP contribution in [-0.4, -0.2) is 49.6 Å². The summed E-state index contributed by atoms with van der Waals surface area (Å²) in [5.74, 6) is 0.279. The molecule has 2 aromatic rings. The number of likely N-dealkylation sites (tertiary alicyclic amines) is 1. The molecule has 1 N–H and O–H groups in total. The fourth-order valence-electron chi connectivity index (χ4n) is 4.30. The average Bonchev–Trinajstić information content (AvgIpc) is 2.72. The molecule has 0 aromatic heterocycles. The monoisotopic (exact) mass is 363 g/mol. The van der Waals surface area contributed by atoms with E-state index in [0.717, 1.165) is 38.9 Å². The number of carbonyl (C=O) groups is 1. The van der Waals surface area contributed by atoms with Crippen molar-refractivity contribution >= 4 is 11.6 Å². The van der Waals surface area contributed by atoms with Gasteiger partial charge in [-0.1, -0.05) is 42.5 Å². The molecule has 0 saturated carbocycles. The first-order valence-electron chi connectivity index (χ1n) is 10.1. The zero-order valence-corrected chi connectivity index (χ0v) is 16.1. The lowest BCUT2D eigenvalue weighted by molar-refractivity contribution is -0.132. The van der Waals surface area contributed by atoms with Gasteiger partial charge in [0.15, 0.2) is 0 Å². The molecule has 0 unspecified atom stereocenters. The van der Waals surface area contributed by atoms with Gasteiger partial charge >= 0.3 is 0 Å². The Labute approximate surface area is 162 Å². The van der Waals surface area contributed by atoms with E-state index in [0.29, 0.717) is 18.5 Å². The van der Waals surface area contributed by atoms with Crippen LogP contribution in [0.25, 0.3) is 11.1 Å². The first-order valence-corrected chi connectivity index (χ1v) is 10.1. The molecule has 2 aliphatic rings. The van der Waals surface area contributed by atoms with Gasteiger partial charge in [0.25, 0.3) is 0 Å². The molecule has 0 aliphatic carbocycles. The van der Waals surface area contributed by atoms with Crippen LogP contribution in [0, 0.1) is 0 Å². The molecule has 0 spiro atoms. The second-order valence-electron chi connectivity index (χ2n) is 7.85. The third-order valence-electron chi connectivity index (χ3n) is 5.91. The number of likely N-dealkylation sites (N-methyl/N-ethyl adjacent to an activating group) is 1. The molecule has 0 bridgehead atoms. The molecule has 142 valence electrons. The van der Waals surface area contributed by atoms with Gasteiger partial charge in [0.05, 0.1) is 0 Å². The van der Waals surface area contributed by atoms with Crippen LogP contribution in [0.15, 0.2) is 54.6 Å². The highest BCUT2D eigenvalue weighted by atomic mass is 16.2. The maximum atomic E-state index is 11.7. The lowest BCUT2D eigenvalue weighted by Crippen LogP contribution is -2.52. The minimum atomic E-state index is 0.279. The quantitative estimate of drug-likeness (QED) is 0.903. The molecule has 0 radical (unpaired) electrons. The third kappa shape index (κ3) is 4.33. The van der Waals surface area contributed by atoms with Crippen molar-refractivity contribution in [3.05, 3.63) is 54.6 Å². The van der Waals surface area contributed by atoms with E-state index in [2.05, 4.69) is 64.8 Å². The van der Waals surface area contributed by atoms with Crippen molar-refractivity contribution in [3.8, 4) is 11.1 Å². The van der Waals surface area contributed by atoms with Gasteiger partial charge in [0.2, 0.25) is 5.91 Å². The minimum Gasteiger partial charge on any atom is -0.371 e. The Morgan fingerprint density at radius 1 is 0.889 bits per heavy atom. The summed E-state index contributed by atoms with van der Waals surface area (Å²) < 4.78 is 0. The van der Waals surface area contributed by atoms with Crippen LogP contribution in [0.3, 0.4) is 0 Å². The second kappa shape index (κ2) is 8.13. The molecular formula is C23H29N3O. The lowest BCUT2D eigenvalue weighted by Gasteiger charge is -2.38. The Morgan fingerprint density at radius 2 is 1.63 bits per heavy atom. The SMILES string of the molecule is CN1C[C@@H](NC2CCN(c3cccc(-c4ccccc4)c3)CC2)CCC1=O. The van der Waals surface area contributed by atoms with E-state index >= 15 is 0 Å². The minimum absolute atomic E-state index is 0.279. The summed E-state index contributed by atoms with van der Waals surface area (Å²) in [7, 11) is 1.92. The van der Waals surface area contributed by atoms with Crippen LogP contribution < -0.4 is 10.2 Å². The number of rotatable bonds is 4. The molecule has 2 fully saturated rings. The molecule has 1 atom stereocenters. The van der Waals surface area contributed by atoms with Gasteiger partial charge < -0.3 is 15.1 Å². The fraction of sp³-hybridized carbons (Fsp3) is 0.435. The van der Waals surface area contributed by atoms with Gasteiger partial charge in [-0.3, -0.25) is 4.79 Å². The Kier molecular flexibility index (Phi) is 5.44. The molecule has 4 heteroatoms. The second-order valence-corrected chi connectivity index (χ2v) is 7.85. The number of nitrogens with one attached hydrogen (secondary N) is 1. The van der Waals surface area contributed by atoms with Crippen LogP contribution in [-0.2, 0) is 4.79 Å². The van der Waals surface area contributed by atoms with Crippen LogP contribution in [0.4, 0.5) is 5.69 Å². The van der Waals surface area contributed by atoms with Crippen LogP contribution in [0.5, 0.6) is 0 Å². The summed E-state index contributed by atoms with van der Waals surface area (Å²) in [5, 5.41) is 3.80. The average molecular weight is 364 g/mol. The van der Waals surface area contributed by atoms with Crippen molar-refractivity contribution in [3.63, 3.8) is 0 Å². The molecule has 27 heavy (non-hydrogen) atoms. The highest BCUT2D eigenvalue weighted by Crippen LogP contribution is 2.27. The summed E-state index contributed by atoms with van der Waals surface area (Å²) >= 11 is 0. The molecule has 2 aliphatic heterocycles. The van der Waals surface area contributed by atoms with E-state index in [1.54, 1.807) is 0 Å². The molecule has 2 aromatic carbocycles. The van der Waals surface area contributed by atoms with Gasteiger partial charge in [-0.2, -0.15) is 0 Å². The number of benzene rings is 2. The van der Waals surface area contributed by atoms with Gasteiger partial charge in [-0.05, 0) is 42.5 Å². The number of carbonyl (C=O) groups excluding carboxylic acids is 1. The number of hydrogen-bond donors (Lipinski definition) is 1. The topological polar surface area (TPSA) is 35.6 Å². The van der Waals surface area contributed by atoms with Gasteiger partial charge in [0.1, 0.15) is 0 Å². The number of amides is 1. The number of anilines is 1. The van der Waals surface area contributed by atoms with Crippen molar-refractivity contribution in [1.29, 1.82) is 0 Å².